The Balaban J connectivity index is 2.44. The molecule has 18 heavy (non-hydrogen) atoms. The quantitative estimate of drug-likeness (QED) is 0.841. The summed E-state index contributed by atoms with van der Waals surface area (Å²) in [5, 5.41) is 11.3. The third kappa shape index (κ3) is 2.36. The van der Waals surface area contributed by atoms with E-state index >= 15 is 0 Å². The average Bonchev–Trinajstić information content (AvgIpc) is 2.94. The van der Waals surface area contributed by atoms with E-state index in [4.69, 9.17) is 0 Å². The summed E-state index contributed by atoms with van der Waals surface area (Å²) in [5.41, 5.74) is 5.46. The lowest BCUT2D eigenvalue weighted by atomic mass is 10.1. The van der Waals surface area contributed by atoms with Crippen molar-refractivity contribution >= 4 is 17.0 Å². The molecule has 1 aromatic carbocycles. The Hall–Kier alpha value is -1.86. The molecule has 0 unspecified atom stereocenters. The maximum atomic E-state index is 9.29. The summed E-state index contributed by atoms with van der Waals surface area (Å²) in [5.74, 6) is 0. The van der Waals surface area contributed by atoms with Gasteiger partial charge in [-0.3, -0.25) is 0 Å². The standard InChI is InChI=1S/C14H15N3S/c1-3-17(4-2)14-6-5-11(7-12(14)8-15)13-9-18-10-16-13/h5-7,9-10H,3-4H2,1-2H3. The molecule has 92 valence electrons. The van der Waals surface area contributed by atoms with E-state index in [2.05, 4.69) is 29.8 Å². The second-order valence-electron chi connectivity index (χ2n) is 3.89. The molecule has 2 aromatic rings. The topological polar surface area (TPSA) is 39.9 Å². The van der Waals surface area contributed by atoms with Crippen LogP contribution in [0, 0.1) is 11.3 Å². The number of rotatable bonds is 4. The van der Waals surface area contributed by atoms with Crippen molar-refractivity contribution in [2.45, 2.75) is 13.8 Å². The predicted molar refractivity (Wildman–Crippen MR) is 75.8 cm³/mol. The molecule has 1 aromatic heterocycles. The maximum Gasteiger partial charge on any atom is 0.101 e. The lowest BCUT2D eigenvalue weighted by Gasteiger charge is -2.22. The number of hydrogen-bond acceptors (Lipinski definition) is 4. The molecule has 0 spiro atoms. The van der Waals surface area contributed by atoms with Crippen LogP contribution in [-0.4, -0.2) is 18.1 Å². The van der Waals surface area contributed by atoms with Gasteiger partial charge in [-0.05, 0) is 26.0 Å². The van der Waals surface area contributed by atoms with E-state index in [1.165, 1.54) is 0 Å². The largest absolute Gasteiger partial charge is 0.371 e. The summed E-state index contributed by atoms with van der Waals surface area (Å²) in [6.07, 6.45) is 0. The van der Waals surface area contributed by atoms with Gasteiger partial charge in [0.25, 0.3) is 0 Å². The van der Waals surface area contributed by atoms with Crippen molar-refractivity contribution in [1.29, 1.82) is 5.26 Å². The number of nitriles is 1. The second-order valence-corrected chi connectivity index (χ2v) is 4.61. The van der Waals surface area contributed by atoms with Gasteiger partial charge in [0, 0.05) is 24.0 Å². The highest BCUT2D eigenvalue weighted by Gasteiger charge is 2.10. The summed E-state index contributed by atoms with van der Waals surface area (Å²) in [4.78, 5) is 6.46. The van der Waals surface area contributed by atoms with Crippen LogP contribution in [0.5, 0.6) is 0 Å². The molecule has 3 nitrogen and oxygen atoms in total. The molecule has 4 heteroatoms. The molecule has 2 rings (SSSR count). The maximum absolute atomic E-state index is 9.29. The van der Waals surface area contributed by atoms with E-state index in [0.717, 1.165) is 30.0 Å². The van der Waals surface area contributed by atoms with Crippen LogP contribution in [0.2, 0.25) is 0 Å². The molecule has 1 heterocycles. The molecule has 0 aliphatic heterocycles. The number of nitrogens with zero attached hydrogens (tertiary/aromatic N) is 3. The highest BCUT2D eigenvalue weighted by Crippen LogP contribution is 2.26. The molecule has 0 amide bonds. The number of benzene rings is 1. The third-order valence-corrected chi connectivity index (χ3v) is 3.54. The van der Waals surface area contributed by atoms with Gasteiger partial charge >= 0.3 is 0 Å². The van der Waals surface area contributed by atoms with Gasteiger partial charge in [0.05, 0.1) is 22.5 Å². The van der Waals surface area contributed by atoms with Crippen LogP contribution in [0.4, 0.5) is 5.69 Å². The minimum absolute atomic E-state index is 0.712. The van der Waals surface area contributed by atoms with E-state index < -0.39 is 0 Å². The third-order valence-electron chi connectivity index (χ3n) is 2.95. The highest BCUT2D eigenvalue weighted by atomic mass is 32.1. The van der Waals surface area contributed by atoms with Gasteiger partial charge in [-0.1, -0.05) is 6.07 Å². The lowest BCUT2D eigenvalue weighted by Crippen LogP contribution is -2.22. The normalized spacial score (nSPS) is 10.1. The van der Waals surface area contributed by atoms with E-state index in [1.54, 1.807) is 16.8 Å². The Kier molecular flexibility index (Phi) is 3.96. The predicted octanol–water partition coefficient (Wildman–Crippen LogP) is 3.53. The van der Waals surface area contributed by atoms with Gasteiger partial charge in [0.1, 0.15) is 6.07 Å². The lowest BCUT2D eigenvalue weighted by molar-refractivity contribution is 0.864. The zero-order valence-electron chi connectivity index (χ0n) is 10.6. The minimum atomic E-state index is 0.712. The first-order valence-corrected chi connectivity index (χ1v) is 6.92. The van der Waals surface area contributed by atoms with Gasteiger partial charge in [0.15, 0.2) is 0 Å². The molecular weight excluding hydrogens is 242 g/mol. The fourth-order valence-electron chi connectivity index (χ4n) is 1.98. The van der Waals surface area contributed by atoms with Gasteiger partial charge in [0.2, 0.25) is 0 Å². The Morgan fingerprint density at radius 2 is 2.11 bits per heavy atom. The van der Waals surface area contributed by atoms with E-state index in [-0.39, 0.29) is 0 Å². The van der Waals surface area contributed by atoms with Gasteiger partial charge in [-0.2, -0.15) is 5.26 Å². The second kappa shape index (κ2) is 5.65. The van der Waals surface area contributed by atoms with Crippen molar-refractivity contribution in [1.82, 2.24) is 4.98 Å². The van der Waals surface area contributed by atoms with Crippen LogP contribution in [0.25, 0.3) is 11.3 Å². The number of thiazole rings is 1. The van der Waals surface area contributed by atoms with Gasteiger partial charge in [-0.15, -0.1) is 11.3 Å². The van der Waals surface area contributed by atoms with Crippen molar-refractivity contribution < 1.29 is 0 Å². The van der Waals surface area contributed by atoms with Crippen LogP contribution in [0.3, 0.4) is 0 Å². The van der Waals surface area contributed by atoms with Crippen LogP contribution in [0.15, 0.2) is 29.1 Å². The molecule has 0 N–H and O–H groups in total. The first kappa shape index (κ1) is 12.6. The van der Waals surface area contributed by atoms with Crippen molar-refractivity contribution in [3.8, 4) is 17.3 Å². The Morgan fingerprint density at radius 1 is 1.33 bits per heavy atom. The first-order chi connectivity index (χ1) is 8.80. The van der Waals surface area contributed by atoms with Crippen molar-refractivity contribution in [2.75, 3.05) is 18.0 Å². The average molecular weight is 257 g/mol. The SMILES string of the molecule is CCN(CC)c1ccc(-c2cscn2)cc1C#N. The fourth-order valence-corrected chi connectivity index (χ4v) is 2.54. The van der Waals surface area contributed by atoms with E-state index in [9.17, 15) is 5.26 Å². The summed E-state index contributed by atoms with van der Waals surface area (Å²) in [6.45, 7) is 6.00. The Morgan fingerprint density at radius 3 is 2.67 bits per heavy atom. The highest BCUT2D eigenvalue weighted by molar-refractivity contribution is 7.07. The Labute approximate surface area is 111 Å². The minimum Gasteiger partial charge on any atom is -0.371 e. The van der Waals surface area contributed by atoms with Gasteiger partial charge < -0.3 is 4.90 Å². The van der Waals surface area contributed by atoms with Crippen molar-refractivity contribution in [3.05, 3.63) is 34.7 Å². The summed E-state index contributed by atoms with van der Waals surface area (Å²) in [6, 6.07) is 8.25. The molecule has 0 aliphatic carbocycles. The summed E-state index contributed by atoms with van der Waals surface area (Å²) < 4.78 is 0. The summed E-state index contributed by atoms with van der Waals surface area (Å²) >= 11 is 1.56. The fraction of sp³-hybridized carbons (Fsp3) is 0.286. The molecule has 0 fully saturated rings. The Bertz CT molecular complexity index is 551. The molecule has 0 atom stereocenters. The van der Waals surface area contributed by atoms with Gasteiger partial charge in [-0.25, -0.2) is 4.98 Å². The van der Waals surface area contributed by atoms with Crippen LogP contribution < -0.4 is 4.90 Å². The van der Waals surface area contributed by atoms with Crippen LogP contribution in [-0.2, 0) is 0 Å². The zero-order chi connectivity index (χ0) is 13.0. The van der Waals surface area contributed by atoms with Crippen LogP contribution in [0.1, 0.15) is 19.4 Å². The zero-order valence-corrected chi connectivity index (χ0v) is 11.4. The molecule has 0 saturated heterocycles. The van der Waals surface area contributed by atoms with Crippen LogP contribution >= 0.6 is 11.3 Å². The number of aromatic nitrogens is 1. The number of anilines is 1. The molecular formula is C14H15N3S. The first-order valence-electron chi connectivity index (χ1n) is 5.97. The molecule has 0 aliphatic rings. The van der Waals surface area contributed by atoms with E-state index in [1.807, 2.05) is 23.6 Å². The van der Waals surface area contributed by atoms with Crippen molar-refractivity contribution in [3.63, 3.8) is 0 Å². The smallest absolute Gasteiger partial charge is 0.101 e. The monoisotopic (exact) mass is 257 g/mol. The molecule has 0 saturated carbocycles. The van der Waals surface area contributed by atoms with E-state index in [0.29, 0.717) is 5.56 Å². The number of hydrogen-bond donors (Lipinski definition) is 0. The molecule has 0 radical (unpaired) electrons. The molecule has 0 bridgehead atoms. The summed E-state index contributed by atoms with van der Waals surface area (Å²) in [7, 11) is 0. The van der Waals surface area contributed by atoms with Crippen molar-refractivity contribution in [2.24, 2.45) is 0 Å².